The number of hydrogen-bond acceptors (Lipinski definition) is 6. The van der Waals surface area contributed by atoms with Gasteiger partial charge in [-0.1, -0.05) is 127 Å². The van der Waals surface area contributed by atoms with Crippen LogP contribution >= 0.6 is 22.7 Å². The highest BCUT2D eigenvalue weighted by Crippen LogP contribution is 2.46. The first kappa shape index (κ1) is 14.8. The van der Waals surface area contributed by atoms with Gasteiger partial charge in [0, 0.05) is 73.4 Å². The third-order valence-corrected chi connectivity index (χ3v) is 11.1. The van der Waals surface area contributed by atoms with E-state index in [-0.39, 0.29) is 51.1 Å². The fourth-order valence-electron chi connectivity index (χ4n) is 6.31. The molecule has 8 aromatic carbocycles. The summed E-state index contributed by atoms with van der Waals surface area (Å²) in [7, 11) is 0. The lowest BCUT2D eigenvalue weighted by molar-refractivity contribution is 0.669. The molecule has 6 heteroatoms. The van der Waals surface area contributed by atoms with Crippen LogP contribution < -0.4 is 0 Å². The first-order valence-corrected chi connectivity index (χ1v) is 18.2. The SMILES string of the molecule is [2H]c1c([2H])c([2H])c(-c2nc(-c3c([2H])c([2H])c([2H])c([2H])c3[2H])nc(-c3c([2H])c([2H])c([2H])c4c3sc3c([2H])c(-c5c([2H])c(-c6c([2H])c([2H])c7c(oc8c([2H])c([2H])c([2H])c([2H])c87)c6[2H])c([2H])c6c5sc5c([2H])c([2H])c([2H])c([2H])c56)c([2H])c([2H])c34)n2)c([2H])c1[2H]. The zero-order valence-electron chi connectivity index (χ0n) is 57.1. The van der Waals surface area contributed by atoms with E-state index in [0.717, 1.165) is 0 Å². The average molecular weight is 793 g/mol. The average Bonchev–Trinajstić information content (AvgIpc) is 1.49. The van der Waals surface area contributed by atoms with Gasteiger partial charge in [0.2, 0.25) is 0 Å². The zero-order valence-corrected chi connectivity index (χ0v) is 29.7. The maximum absolute atomic E-state index is 10.1. The summed E-state index contributed by atoms with van der Waals surface area (Å²) in [6.45, 7) is 0. The smallest absolute Gasteiger partial charge is 0.165 e. The first-order valence-electron chi connectivity index (χ1n) is 31.1. The Morgan fingerprint density at radius 1 is 0.351 bits per heavy atom. The number of para-hydroxylation sites is 1. The number of rotatable bonds is 5. The van der Waals surface area contributed by atoms with Crippen LogP contribution in [0.3, 0.4) is 0 Å². The Morgan fingerprint density at radius 2 is 0.947 bits per heavy atom. The summed E-state index contributed by atoms with van der Waals surface area (Å²) in [6.07, 6.45) is 0. The van der Waals surface area contributed by atoms with E-state index in [4.69, 9.17) is 30.5 Å². The van der Waals surface area contributed by atoms with Crippen molar-refractivity contribution in [3.05, 3.63) is 175 Å². The van der Waals surface area contributed by atoms with E-state index in [1.165, 1.54) is 0 Å². The van der Waals surface area contributed by atoms with Gasteiger partial charge in [-0.05, 0) is 65.0 Å². The van der Waals surface area contributed by atoms with Crippen molar-refractivity contribution in [3.8, 4) is 56.4 Å². The lowest BCUT2D eigenvalue weighted by Gasteiger charge is -2.10. The molecule has 0 saturated carbocycles. The summed E-state index contributed by atoms with van der Waals surface area (Å²) in [5.41, 5.74) is -5.36. The molecule has 12 aromatic rings. The lowest BCUT2D eigenvalue weighted by atomic mass is 9.95. The lowest BCUT2D eigenvalue weighted by Crippen LogP contribution is -2.00. The number of aromatic nitrogens is 3. The summed E-state index contributed by atoms with van der Waals surface area (Å²) in [6, 6.07) is -22.9. The molecule has 4 heterocycles. The number of fused-ring (bicyclic) bond motifs is 9. The van der Waals surface area contributed by atoms with Crippen LogP contribution in [0.2, 0.25) is 0 Å². The Kier molecular flexibility index (Phi) is 3.32. The monoisotopic (exact) mass is 792 g/mol. The zero-order chi connectivity index (χ0) is 62.7. The molecule has 0 atom stereocenters. The maximum Gasteiger partial charge on any atom is 0.165 e. The Morgan fingerprint density at radius 3 is 1.75 bits per heavy atom. The van der Waals surface area contributed by atoms with Crippen LogP contribution in [-0.4, -0.2) is 15.0 Å². The van der Waals surface area contributed by atoms with Gasteiger partial charge in [0.25, 0.3) is 0 Å². The van der Waals surface area contributed by atoms with Crippen molar-refractivity contribution in [3.63, 3.8) is 0 Å². The second-order valence-electron chi connectivity index (χ2n) is 12.1. The van der Waals surface area contributed by atoms with E-state index in [1.54, 1.807) is 0 Å². The molecule has 0 fully saturated rings. The summed E-state index contributed by atoms with van der Waals surface area (Å²) in [4.78, 5) is 13.1. The fraction of sp³-hybridized carbons (Fsp3) is 0. The molecule has 0 aliphatic rings. The van der Waals surface area contributed by atoms with Gasteiger partial charge in [-0.2, -0.15) is 0 Å². The molecule has 0 amide bonds. The minimum absolute atomic E-state index is 0.184. The van der Waals surface area contributed by atoms with Crippen LogP contribution in [-0.2, 0) is 0 Å². The third-order valence-electron chi connectivity index (χ3n) is 8.81. The number of hydrogen-bond donors (Lipinski definition) is 0. The van der Waals surface area contributed by atoms with Gasteiger partial charge in [-0.3, -0.25) is 0 Å². The highest BCUT2D eigenvalue weighted by Gasteiger charge is 2.19. The van der Waals surface area contributed by atoms with Crippen molar-refractivity contribution < 1.29 is 44.2 Å². The third kappa shape index (κ3) is 5.30. The van der Waals surface area contributed by atoms with E-state index < -0.39 is 243 Å². The van der Waals surface area contributed by atoms with Crippen LogP contribution in [0.15, 0.2) is 180 Å². The van der Waals surface area contributed by atoms with Crippen LogP contribution in [0.25, 0.3) is 119 Å². The molecule has 0 aliphatic heterocycles. The van der Waals surface area contributed by atoms with Crippen LogP contribution in [0.4, 0.5) is 0 Å². The van der Waals surface area contributed by atoms with E-state index >= 15 is 0 Å². The predicted octanol–water partition coefficient (Wildman–Crippen LogP) is 14.8. The van der Waals surface area contributed by atoms with Crippen LogP contribution in [0, 0.1) is 0 Å². The molecule has 0 radical (unpaired) electrons. The van der Waals surface area contributed by atoms with Gasteiger partial charge >= 0.3 is 0 Å². The second-order valence-corrected chi connectivity index (χ2v) is 14.1. The van der Waals surface area contributed by atoms with Crippen molar-refractivity contribution in [2.24, 2.45) is 0 Å². The quantitative estimate of drug-likeness (QED) is 0.174. The van der Waals surface area contributed by atoms with Crippen molar-refractivity contribution >= 4 is 85.0 Å². The number of benzene rings is 8. The molecule has 4 nitrogen and oxygen atoms in total. The fourth-order valence-corrected chi connectivity index (χ4v) is 8.49. The molecule has 0 aliphatic carbocycles. The van der Waals surface area contributed by atoms with E-state index in [1.807, 2.05) is 0 Å². The summed E-state index contributed by atoms with van der Waals surface area (Å²) < 4.78 is 264. The van der Waals surface area contributed by atoms with Gasteiger partial charge in [-0.25, -0.2) is 15.0 Å². The molecule has 12 rings (SSSR count). The summed E-state index contributed by atoms with van der Waals surface area (Å²) >= 11 is 1.18. The highest BCUT2D eigenvalue weighted by molar-refractivity contribution is 7.27. The molecule has 0 bridgehead atoms. The molecule has 0 spiro atoms. The topological polar surface area (TPSA) is 51.8 Å². The van der Waals surface area contributed by atoms with Gasteiger partial charge in [-0.15, -0.1) is 22.7 Å². The molecular formula is C51H29N3OS2. The van der Waals surface area contributed by atoms with E-state index in [0.29, 0.717) is 22.7 Å². The Balaban J connectivity index is 1.22. The molecule has 57 heavy (non-hydrogen) atoms. The van der Waals surface area contributed by atoms with Crippen molar-refractivity contribution in [1.82, 2.24) is 15.0 Å². The highest BCUT2D eigenvalue weighted by atomic mass is 32.1. The van der Waals surface area contributed by atoms with E-state index in [9.17, 15) is 13.7 Å². The van der Waals surface area contributed by atoms with Crippen molar-refractivity contribution in [2.75, 3.05) is 0 Å². The van der Waals surface area contributed by atoms with E-state index in [2.05, 4.69) is 15.0 Å². The Bertz CT molecular complexity index is 5100. The molecule has 0 N–H and O–H groups in total. The molecule has 266 valence electrons. The molecule has 0 saturated heterocycles. The maximum atomic E-state index is 10.1. The summed E-state index contributed by atoms with van der Waals surface area (Å²) in [5, 5.41) is -2.10. The second kappa shape index (κ2) is 12.8. The van der Waals surface area contributed by atoms with Gasteiger partial charge in [0.1, 0.15) is 11.2 Å². The van der Waals surface area contributed by atoms with Crippen LogP contribution in [0.1, 0.15) is 39.8 Å². The first-order chi connectivity index (χ1) is 40.3. The van der Waals surface area contributed by atoms with Crippen molar-refractivity contribution in [2.45, 2.75) is 0 Å². The normalized spacial score (nSPS) is 19.0. The molecular weight excluding hydrogens is 735 g/mol. The minimum atomic E-state index is -0.875. The summed E-state index contributed by atoms with van der Waals surface area (Å²) in [5.74, 6) is -2.20. The van der Waals surface area contributed by atoms with Gasteiger partial charge in [0.15, 0.2) is 17.5 Å². The van der Waals surface area contributed by atoms with Gasteiger partial charge < -0.3 is 4.42 Å². The molecule has 4 aromatic heterocycles. The number of furan rings is 1. The molecule has 0 unspecified atom stereocenters. The number of nitrogens with zero attached hydrogens (tertiary/aromatic N) is 3. The minimum Gasteiger partial charge on any atom is -0.456 e. The van der Waals surface area contributed by atoms with Gasteiger partial charge in [0.05, 0.1) is 39.8 Å². The predicted molar refractivity (Wildman–Crippen MR) is 240 cm³/mol. The Labute approximate surface area is 375 Å². The Hall–Kier alpha value is -6.99. The largest absolute Gasteiger partial charge is 0.456 e. The number of thiophene rings is 2. The standard InChI is InChI=1S/C51H29N3OS2/c1-3-12-30(13-4-1)49-52-50(31-14-5-2-6-15-31)54-51(53-49)40-19-11-18-39-38-25-23-33(29-46(38)57-47(39)40)41-26-34(27-42-37-17-8-10-21-45(37)56-48(41)42)32-22-24-36-35-16-7-9-20-43(35)55-44(36)28-32/h1-29H/i1D,2D,3D,4D,5D,6D,7D,8D,9D,10D,11D,12D,13D,14D,15D,16D,17D,18D,19D,20D,21D,22D,23D,24D,25D,26D,27D,28D,29D. The van der Waals surface area contributed by atoms with Crippen LogP contribution in [0.5, 0.6) is 0 Å². The van der Waals surface area contributed by atoms with Crippen molar-refractivity contribution in [1.29, 1.82) is 0 Å².